The van der Waals surface area contributed by atoms with Gasteiger partial charge in [-0.1, -0.05) is 45.0 Å². The third kappa shape index (κ3) is 3.22. The van der Waals surface area contributed by atoms with Crippen LogP contribution in [0, 0.1) is 0 Å². The maximum Gasteiger partial charge on any atom is 0.0155 e. The van der Waals surface area contributed by atoms with Crippen LogP contribution in [0.2, 0.25) is 0 Å². The first-order chi connectivity index (χ1) is 10.1. The summed E-state index contributed by atoms with van der Waals surface area (Å²) in [4.78, 5) is 1.59. The van der Waals surface area contributed by atoms with Crippen molar-refractivity contribution in [3.05, 3.63) is 46.2 Å². The standard InChI is InChI=1S/C19H25NS/c1-19(2,3)16-6-4-5-15(13-16)17-9-12-21-18(17)14-7-10-20-11-8-14/h4-6,9,12-14,20H,7-8,10-11H2,1-3H3. The molecule has 1 aliphatic heterocycles. The highest BCUT2D eigenvalue weighted by Gasteiger charge is 2.21. The maximum absolute atomic E-state index is 3.47. The predicted octanol–water partition coefficient (Wildman–Crippen LogP) is 5.18. The van der Waals surface area contributed by atoms with Gasteiger partial charge in [-0.05, 0) is 65.4 Å². The number of hydrogen-bond donors (Lipinski definition) is 1. The van der Waals surface area contributed by atoms with Gasteiger partial charge in [0, 0.05) is 4.88 Å². The molecule has 2 heterocycles. The van der Waals surface area contributed by atoms with E-state index in [9.17, 15) is 0 Å². The smallest absolute Gasteiger partial charge is 0.0155 e. The molecule has 0 radical (unpaired) electrons. The first-order valence-corrected chi connectivity index (χ1v) is 8.83. The van der Waals surface area contributed by atoms with Crippen molar-refractivity contribution in [1.82, 2.24) is 5.32 Å². The molecule has 1 aromatic carbocycles. The van der Waals surface area contributed by atoms with Gasteiger partial charge in [0.25, 0.3) is 0 Å². The van der Waals surface area contributed by atoms with Crippen LogP contribution in [0.15, 0.2) is 35.7 Å². The quantitative estimate of drug-likeness (QED) is 0.805. The van der Waals surface area contributed by atoms with E-state index >= 15 is 0 Å². The van der Waals surface area contributed by atoms with Crippen LogP contribution in [0.4, 0.5) is 0 Å². The lowest BCUT2D eigenvalue weighted by atomic mass is 9.84. The number of nitrogens with one attached hydrogen (secondary N) is 1. The zero-order valence-electron chi connectivity index (χ0n) is 13.3. The van der Waals surface area contributed by atoms with Crippen molar-refractivity contribution in [3.8, 4) is 11.1 Å². The minimum absolute atomic E-state index is 0.209. The van der Waals surface area contributed by atoms with Gasteiger partial charge < -0.3 is 5.32 Å². The normalized spacial score (nSPS) is 17.1. The Morgan fingerprint density at radius 3 is 2.57 bits per heavy atom. The van der Waals surface area contributed by atoms with Gasteiger partial charge in [0.2, 0.25) is 0 Å². The Hall–Kier alpha value is -1.12. The number of rotatable bonds is 2. The Balaban J connectivity index is 1.96. The highest BCUT2D eigenvalue weighted by atomic mass is 32.1. The van der Waals surface area contributed by atoms with Crippen molar-refractivity contribution in [3.63, 3.8) is 0 Å². The minimum Gasteiger partial charge on any atom is -0.317 e. The molecule has 2 aromatic rings. The fourth-order valence-corrected chi connectivity index (χ4v) is 4.20. The second kappa shape index (κ2) is 5.94. The van der Waals surface area contributed by atoms with Crippen molar-refractivity contribution >= 4 is 11.3 Å². The number of thiophene rings is 1. The van der Waals surface area contributed by atoms with Crippen molar-refractivity contribution in [2.45, 2.75) is 44.9 Å². The summed E-state index contributed by atoms with van der Waals surface area (Å²) in [6, 6.07) is 11.4. The van der Waals surface area contributed by atoms with Crippen LogP contribution in [0.3, 0.4) is 0 Å². The molecule has 112 valence electrons. The second-order valence-electron chi connectivity index (χ2n) is 7.05. The van der Waals surface area contributed by atoms with Crippen LogP contribution >= 0.6 is 11.3 Å². The molecule has 21 heavy (non-hydrogen) atoms. The minimum atomic E-state index is 0.209. The van der Waals surface area contributed by atoms with Crippen LogP contribution in [0.5, 0.6) is 0 Å². The first-order valence-electron chi connectivity index (χ1n) is 7.95. The Morgan fingerprint density at radius 1 is 1.10 bits per heavy atom. The third-order valence-corrected chi connectivity index (χ3v) is 5.52. The molecule has 1 aromatic heterocycles. The van der Waals surface area contributed by atoms with Gasteiger partial charge in [-0.3, -0.25) is 0 Å². The summed E-state index contributed by atoms with van der Waals surface area (Å²) in [7, 11) is 0. The van der Waals surface area contributed by atoms with Crippen LogP contribution < -0.4 is 5.32 Å². The van der Waals surface area contributed by atoms with Gasteiger partial charge in [0.15, 0.2) is 0 Å². The van der Waals surface area contributed by atoms with E-state index in [1.165, 1.54) is 29.5 Å². The zero-order chi connectivity index (χ0) is 14.9. The zero-order valence-corrected chi connectivity index (χ0v) is 14.1. The van der Waals surface area contributed by atoms with Crippen molar-refractivity contribution in [2.24, 2.45) is 0 Å². The second-order valence-corrected chi connectivity index (χ2v) is 8.00. The summed E-state index contributed by atoms with van der Waals surface area (Å²) in [6.45, 7) is 9.17. The van der Waals surface area contributed by atoms with Gasteiger partial charge >= 0.3 is 0 Å². The molecule has 1 fully saturated rings. The Morgan fingerprint density at radius 2 is 1.86 bits per heavy atom. The summed E-state index contributed by atoms with van der Waals surface area (Å²) < 4.78 is 0. The maximum atomic E-state index is 3.47. The molecule has 2 heteroatoms. The molecule has 0 atom stereocenters. The molecular formula is C19H25NS. The highest BCUT2D eigenvalue weighted by Crippen LogP contribution is 2.39. The Bertz CT molecular complexity index is 600. The molecule has 1 saturated heterocycles. The highest BCUT2D eigenvalue weighted by molar-refractivity contribution is 7.10. The Kier molecular flexibility index (Phi) is 4.19. The van der Waals surface area contributed by atoms with E-state index in [-0.39, 0.29) is 5.41 Å². The summed E-state index contributed by atoms with van der Waals surface area (Å²) >= 11 is 1.94. The molecule has 1 N–H and O–H groups in total. The molecule has 0 unspecified atom stereocenters. The first kappa shape index (κ1) is 14.8. The monoisotopic (exact) mass is 299 g/mol. The molecule has 3 rings (SSSR count). The Labute approximate surface area is 132 Å². The van der Waals surface area contributed by atoms with E-state index in [0.29, 0.717) is 0 Å². The van der Waals surface area contributed by atoms with Gasteiger partial charge in [0.1, 0.15) is 0 Å². The van der Waals surface area contributed by atoms with E-state index < -0.39 is 0 Å². The van der Waals surface area contributed by atoms with Crippen molar-refractivity contribution < 1.29 is 0 Å². The largest absolute Gasteiger partial charge is 0.317 e. The van der Waals surface area contributed by atoms with Crippen molar-refractivity contribution in [1.29, 1.82) is 0 Å². The van der Waals surface area contributed by atoms with E-state index in [2.05, 4.69) is 61.8 Å². The van der Waals surface area contributed by atoms with E-state index in [1.54, 1.807) is 4.88 Å². The topological polar surface area (TPSA) is 12.0 Å². The van der Waals surface area contributed by atoms with Crippen LogP contribution in [0.1, 0.15) is 50.0 Å². The summed E-state index contributed by atoms with van der Waals surface area (Å²) in [5, 5.41) is 5.73. The lowest BCUT2D eigenvalue weighted by molar-refractivity contribution is 0.465. The SMILES string of the molecule is CC(C)(C)c1cccc(-c2ccsc2C2CCNCC2)c1. The van der Waals surface area contributed by atoms with Crippen molar-refractivity contribution in [2.75, 3.05) is 13.1 Å². The number of benzene rings is 1. The van der Waals surface area contributed by atoms with Gasteiger partial charge in [-0.15, -0.1) is 11.3 Å². The average Bonchev–Trinajstić information content (AvgIpc) is 2.97. The molecule has 0 saturated carbocycles. The van der Waals surface area contributed by atoms with E-state index in [1.807, 2.05) is 11.3 Å². The predicted molar refractivity (Wildman–Crippen MR) is 93.3 cm³/mol. The fourth-order valence-electron chi connectivity index (χ4n) is 3.11. The number of piperidine rings is 1. The molecular weight excluding hydrogens is 274 g/mol. The van der Waals surface area contributed by atoms with Gasteiger partial charge in [0.05, 0.1) is 0 Å². The summed E-state index contributed by atoms with van der Waals surface area (Å²) in [5.74, 6) is 0.736. The lowest BCUT2D eigenvalue weighted by Gasteiger charge is -2.24. The lowest BCUT2D eigenvalue weighted by Crippen LogP contribution is -2.26. The van der Waals surface area contributed by atoms with Gasteiger partial charge in [-0.2, -0.15) is 0 Å². The molecule has 0 bridgehead atoms. The molecule has 1 aliphatic rings. The summed E-state index contributed by atoms with van der Waals surface area (Å²) in [5.41, 5.74) is 4.47. The third-order valence-electron chi connectivity index (χ3n) is 4.44. The summed E-state index contributed by atoms with van der Waals surface area (Å²) in [6.07, 6.45) is 2.54. The van der Waals surface area contributed by atoms with Crippen LogP contribution in [-0.4, -0.2) is 13.1 Å². The number of hydrogen-bond acceptors (Lipinski definition) is 2. The van der Waals surface area contributed by atoms with Gasteiger partial charge in [-0.25, -0.2) is 0 Å². The molecule has 0 spiro atoms. The molecule has 1 nitrogen and oxygen atoms in total. The van der Waals surface area contributed by atoms with Crippen LogP contribution in [-0.2, 0) is 5.41 Å². The fraction of sp³-hybridized carbons (Fsp3) is 0.474. The average molecular weight is 299 g/mol. The van der Waals surface area contributed by atoms with E-state index in [4.69, 9.17) is 0 Å². The van der Waals surface area contributed by atoms with Crippen LogP contribution in [0.25, 0.3) is 11.1 Å². The molecule has 0 aliphatic carbocycles. The molecule has 0 amide bonds. The van der Waals surface area contributed by atoms with E-state index in [0.717, 1.165) is 19.0 Å².